The van der Waals surface area contributed by atoms with E-state index >= 15 is 0 Å². The van der Waals surface area contributed by atoms with Crippen molar-refractivity contribution >= 4 is 17.2 Å². The van der Waals surface area contributed by atoms with E-state index in [9.17, 15) is 4.79 Å². The van der Waals surface area contributed by atoms with Crippen molar-refractivity contribution in [1.29, 1.82) is 0 Å². The number of carbonyl (C=O) groups is 1. The monoisotopic (exact) mass is 339 g/mol. The molecule has 3 nitrogen and oxygen atoms in total. The van der Waals surface area contributed by atoms with E-state index in [1.54, 1.807) is 11.3 Å². The maximum Gasteiger partial charge on any atom is 0.234 e. The average molecular weight is 340 g/mol. The van der Waals surface area contributed by atoms with E-state index in [1.807, 2.05) is 0 Å². The van der Waals surface area contributed by atoms with Gasteiger partial charge in [-0.2, -0.15) is 0 Å². The second kappa shape index (κ2) is 6.50. The molecule has 0 spiro atoms. The third-order valence-corrected chi connectivity index (χ3v) is 6.48. The van der Waals surface area contributed by atoms with Gasteiger partial charge in [0, 0.05) is 17.0 Å². The molecule has 4 saturated carbocycles. The highest BCUT2D eigenvalue weighted by Gasteiger charge is 2.51. The van der Waals surface area contributed by atoms with E-state index in [4.69, 9.17) is 0 Å². The highest BCUT2D eigenvalue weighted by molar-refractivity contribution is 7.09. The average Bonchev–Trinajstić information content (AvgIpc) is 2.89. The van der Waals surface area contributed by atoms with Crippen LogP contribution in [0, 0.1) is 17.8 Å². The summed E-state index contributed by atoms with van der Waals surface area (Å²) in [5, 5.41) is 8.75. The Kier molecular flexibility index (Phi) is 4.81. The molecule has 4 bridgehead atoms. The van der Waals surface area contributed by atoms with Gasteiger partial charge in [-0.15, -0.1) is 11.3 Å². The summed E-state index contributed by atoms with van der Waals surface area (Å²) < 4.78 is 0. The Hall–Kier alpha value is -0.580. The van der Waals surface area contributed by atoms with Crippen LogP contribution in [0.15, 0.2) is 17.5 Å². The predicted octanol–water partition coefficient (Wildman–Crippen LogP) is -0.0733. The quantitative estimate of drug-likeness (QED) is 0.788. The van der Waals surface area contributed by atoms with Gasteiger partial charge in [-0.25, -0.2) is 0 Å². The molecule has 1 aromatic heterocycles. The standard InChI is InChI=1S/C17H24N2OS.ClH/c20-16(11-18-10-15-2-1-3-21-15)19-17-7-12-4-13(8-17)6-14(5-12)9-17;/h1-3,12-14,18H,4-11H2,(H,19,20);1H/p-1. The molecule has 4 aliphatic rings. The smallest absolute Gasteiger partial charge is 0.234 e. The molecule has 4 aliphatic carbocycles. The lowest BCUT2D eigenvalue weighted by molar-refractivity contribution is -0.126. The number of hydrogen-bond donors (Lipinski definition) is 2. The van der Waals surface area contributed by atoms with Crippen molar-refractivity contribution < 1.29 is 17.2 Å². The summed E-state index contributed by atoms with van der Waals surface area (Å²) in [5.74, 6) is 2.84. The van der Waals surface area contributed by atoms with Gasteiger partial charge in [0.2, 0.25) is 5.91 Å². The Balaban J connectivity index is 0.00000144. The SMILES string of the molecule is O=C(CNCc1cccs1)NC12CC3CC(CC(C3)C1)C2.[Cl-]. The van der Waals surface area contributed by atoms with Crippen molar-refractivity contribution in [1.82, 2.24) is 10.6 Å². The lowest BCUT2D eigenvalue weighted by Crippen LogP contribution is -3.00. The van der Waals surface area contributed by atoms with Crippen LogP contribution in [-0.4, -0.2) is 18.0 Å². The first kappa shape index (κ1) is 16.3. The van der Waals surface area contributed by atoms with E-state index in [0.29, 0.717) is 6.54 Å². The minimum absolute atomic E-state index is 0. The van der Waals surface area contributed by atoms with E-state index in [2.05, 4.69) is 28.1 Å². The molecule has 5 rings (SSSR count). The van der Waals surface area contributed by atoms with Crippen LogP contribution in [0.1, 0.15) is 43.4 Å². The zero-order valence-corrected chi connectivity index (χ0v) is 14.4. The molecule has 0 aromatic carbocycles. The lowest BCUT2D eigenvalue weighted by atomic mass is 9.53. The summed E-state index contributed by atoms with van der Waals surface area (Å²) in [6, 6.07) is 4.16. The van der Waals surface area contributed by atoms with Gasteiger partial charge >= 0.3 is 0 Å². The molecule has 122 valence electrons. The zero-order chi connectivity index (χ0) is 14.3. The van der Waals surface area contributed by atoms with Crippen molar-refractivity contribution in [2.45, 2.75) is 50.6 Å². The molecular formula is C17H24ClN2OS-. The Morgan fingerprint density at radius 3 is 2.36 bits per heavy atom. The summed E-state index contributed by atoms with van der Waals surface area (Å²) in [6.07, 6.45) is 7.96. The molecule has 0 aliphatic heterocycles. The van der Waals surface area contributed by atoms with Crippen LogP contribution >= 0.6 is 11.3 Å². The number of carbonyl (C=O) groups excluding carboxylic acids is 1. The number of hydrogen-bond acceptors (Lipinski definition) is 3. The van der Waals surface area contributed by atoms with E-state index < -0.39 is 0 Å². The fourth-order valence-electron chi connectivity index (χ4n) is 5.32. The predicted molar refractivity (Wildman–Crippen MR) is 85.1 cm³/mol. The maximum absolute atomic E-state index is 12.3. The maximum atomic E-state index is 12.3. The van der Waals surface area contributed by atoms with Crippen molar-refractivity contribution in [2.75, 3.05) is 6.54 Å². The number of amides is 1. The van der Waals surface area contributed by atoms with Crippen LogP contribution in [0.5, 0.6) is 0 Å². The molecule has 1 heterocycles. The van der Waals surface area contributed by atoms with Crippen molar-refractivity contribution in [2.24, 2.45) is 17.8 Å². The fraction of sp³-hybridized carbons (Fsp3) is 0.706. The van der Waals surface area contributed by atoms with Gasteiger partial charge in [-0.3, -0.25) is 4.79 Å². The van der Waals surface area contributed by atoms with Crippen LogP contribution in [0.3, 0.4) is 0 Å². The van der Waals surface area contributed by atoms with Crippen molar-refractivity contribution in [3.05, 3.63) is 22.4 Å². The molecule has 0 unspecified atom stereocenters. The molecule has 5 heteroatoms. The van der Waals surface area contributed by atoms with Crippen LogP contribution in [-0.2, 0) is 11.3 Å². The van der Waals surface area contributed by atoms with Crippen LogP contribution in [0.2, 0.25) is 0 Å². The molecule has 2 N–H and O–H groups in total. The molecule has 1 amide bonds. The molecule has 0 radical (unpaired) electrons. The Morgan fingerprint density at radius 1 is 1.18 bits per heavy atom. The highest BCUT2D eigenvalue weighted by Crippen LogP contribution is 2.55. The first-order valence-electron chi connectivity index (χ1n) is 8.25. The lowest BCUT2D eigenvalue weighted by Gasteiger charge is -2.56. The molecule has 1 aromatic rings. The Bertz CT molecular complexity index is 481. The molecule has 4 fully saturated rings. The van der Waals surface area contributed by atoms with Gasteiger partial charge in [-0.05, 0) is 67.7 Å². The first-order chi connectivity index (χ1) is 10.2. The van der Waals surface area contributed by atoms with Gasteiger partial charge in [-0.1, -0.05) is 6.07 Å². The second-order valence-electron chi connectivity index (χ2n) is 7.43. The second-order valence-corrected chi connectivity index (χ2v) is 8.46. The molecule has 0 saturated heterocycles. The van der Waals surface area contributed by atoms with E-state index in [-0.39, 0.29) is 23.9 Å². The van der Waals surface area contributed by atoms with Crippen LogP contribution in [0.4, 0.5) is 0 Å². The Labute approximate surface area is 142 Å². The summed E-state index contributed by atoms with van der Waals surface area (Å²) in [4.78, 5) is 13.6. The number of thiophene rings is 1. The van der Waals surface area contributed by atoms with Gasteiger partial charge in [0.05, 0.1) is 6.54 Å². The van der Waals surface area contributed by atoms with Gasteiger partial charge < -0.3 is 23.0 Å². The van der Waals surface area contributed by atoms with Gasteiger partial charge in [0.1, 0.15) is 0 Å². The summed E-state index contributed by atoms with van der Waals surface area (Å²) >= 11 is 1.74. The van der Waals surface area contributed by atoms with E-state index in [1.165, 1.54) is 43.4 Å². The summed E-state index contributed by atoms with van der Waals surface area (Å²) in [7, 11) is 0. The summed E-state index contributed by atoms with van der Waals surface area (Å²) in [6.45, 7) is 1.24. The van der Waals surface area contributed by atoms with Gasteiger partial charge in [0.25, 0.3) is 0 Å². The first-order valence-corrected chi connectivity index (χ1v) is 9.13. The van der Waals surface area contributed by atoms with Gasteiger partial charge in [0.15, 0.2) is 0 Å². The minimum Gasteiger partial charge on any atom is -1.00 e. The van der Waals surface area contributed by atoms with Crippen molar-refractivity contribution in [3.8, 4) is 0 Å². The molecular weight excluding hydrogens is 316 g/mol. The molecule has 22 heavy (non-hydrogen) atoms. The number of rotatable bonds is 5. The minimum atomic E-state index is 0. The topological polar surface area (TPSA) is 41.1 Å². The third-order valence-electron chi connectivity index (χ3n) is 5.61. The zero-order valence-electron chi connectivity index (χ0n) is 12.8. The normalized spacial score (nSPS) is 35.2. The molecule has 0 atom stereocenters. The van der Waals surface area contributed by atoms with Crippen LogP contribution < -0.4 is 23.0 Å². The number of halogens is 1. The Morgan fingerprint density at radius 2 is 1.82 bits per heavy atom. The van der Waals surface area contributed by atoms with Crippen molar-refractivity contribution in [3.63, 3.8) is 0 Å². The van der Waals surface area contributed by atoms with E-state index in [0.717, 1.165) is 24.3 Å². The fourth-order valence-corrected chi connectivity index (χ4v) is 5.99. The third kappa shape index (κ3) is 3.34. The number of nitrogens with one attached hydrogen (secondary N) is 2. The largest absolute Gasteiger partial charge is 1.00 e. The highest BCUT2D eigenvalue weighted by atomic mass is 35.5. The summed E-state index contributed by atoms with van der Waals surface area (Å²) in [5.41, 5.74) is 0.149. The van der Waals surface area contributed by atoms with Crippen LogP contribution in [0.25, 0.3) is 0 Å².